The van der Waals surface area contributed by atoms with Gasteiger partial charge in [0.15, 0.2) is 0 Å². The topological polar surface area (TPSA) is 6.48 Å². The Balaban J connectivity index is 1.14. The summed E-state index contributed by atoms with van der Waals surface area (Å²) in [6, 6.07) is 86.4. The molecule has 0 aliphatic carbocycles. The van der Waals surface area contributed by atoms with E-state index >= 15 is 0 Å². The third-order valence-electron chi connectivity index (χ3n) is 12.8. The highest BCUT2D eigenvalue weighted by molar-refractivity contribution is 6.28. The van der Waals surface area contributed by atoms with Gasteiger partial charge in [0, 0.05) is 33.5 Å². The second-order valence-electron chi connectivity index (χ2n) is 16.8. The lowest BCUT2D eigenvalue weighted by Gasteiger charge is -2.30. The summed E-state index contributed by atoms with van der Waals surface area (Å²) in [5, 5.41) is 7.32. The Hall–Kier alpha value is -8.46. The molecule has 0 fully saturated rings. The molecule has 11 aromatic rings. The molecule has 0 saturated heterocycles. The van der Waals surface area contributed by atoms with Crippen LogP contribution >= 0.6 is 0 Å². The van der Waals surface area contributed by atoms with Gasteiger partial charge >= 0.3 is 0 Å². The number of hydrogen-bond donors (Lipinski definition) is 0. The molecule has 0 spiro atoms. The van der Waals surface area contributed by atoms with Crippen molar-refractivity contribution in [1.29, 1.82) is 0 Å². The highest BCUT2D eigenvalue weighted by Crippen LogP contribution is 2.48. The molecule has 0 radical (unpaired) electrons. The van der Waals surface area contributed by atoms with E-state index in [0.29, 0.717) is 0 Å². The summed E-state index contributed by atoms with van der Waals surface area (Å²) in [7, 11) is 0. The molecule has 66 heavy (non-hydrogen) atoms. The molecule has 11 aromatic carbocycles. The highest BCUT2D eigenvalue weighted by Gasteiger charge is 2.23. The van der Waals surface area contributed by atoms with Crippen molar-refractivity contribution in [3.05, 3.63) is 260 Å². The second kappa shape index (κ2) is 17.6. The smallest absolute Gasteiger partial charge is 0.0540 e. The maximum absolute atomic E-state index is 2.45. The molecule has 0 N–H and O–H groups in total. The molecule has 314 valence electrons. The van der Waals surface area contributed by atoms with E-state index < -0.39 is 0 Å². The number of hydrogen-bond acceptors (Lipinski definition) is 2. The Morgan fingerprint density at radius 3 is 1.09 bits per heavy atom. The monoisotopic (exact) mass is 844 g/mol. The van der Waals surface area contributed by atoms with Gasteiger partial charge in [-0.05, 0) is 141 Å². The van der Waals surface area contributed by atoms with Crippen molar-refractivity contribution in [2.75, 3.05) is 9.80 Å². The van der Waals surface area contributed by atoms with E-state index in [2.05, 4.69) is 278 Å². The van der Waals surface area contributed by atoms with Gasteiger partial charge in [0.05, 0.1) is 11.4 Å². The lowest BCUT2D eigenvalue weighted by molar-refractivity contribution is 1.29. The van der Waals surface area contributed by atoms with Crippen LogP contribution in [0.25, 0.3) is 71.3 Å². The molecule has 0 heterocycles. The lowest BCUT2D eigenvalue weighted by atomic mass is 9.91. The summed E-state index contributed by atoms with van der Waals surface area (Å²) in [6.07, 6.45) is 6.48. The van der Waals surface area contributed by atoms with Crippen LogP contribution in [0.5, 0.6) is 0 Å². The van der Waals surface area contributed by atoms with Crippen molar-refractivity contribution in [3.8, 4) is 33.4 Å². The van der Waals surface area contributed by atoms with Gasteiger partial charge in [-0.2, -0.15) is 0 Å². The number of nitrogens with zero attached hydrogens (tertiary/aromatic N) is 2. The van der Waals surface area contributed by atoms with Gasteiger partial charge in [-0.25, -0.2) is 0 Å². The SMILES string of the molecule is C/C=C\C(=C/C)c1cccc(N(c2cccc(-c3ccccc3)c2)c2ccc3ccc4c(N(c5cccc(-c6ccccc6)c5)c5cccc(-c6ccccc6)c5)ccc5ccc2c3c54)c1. The maximum atomic E-state index is 2.45. The van der Waals surface area contributed by atoms with Crippen LogP contribution in [0.15, 0.2) is 255 Å². The summed E-state index contributed by atoms with van der Waals surface area (Å²) in [5.41, 5.74) is 16.1. The Morgan fingerprint density at radius 1 is 0.333 bits per heavy atom. The van der Waals surface area contributed by atoms with E-state index in [1.807, 2.05) is 0 Å². The Kier molecular flexibility index (Phi) is 10.8. The minimum atomic E-state index is 1.10. The van der Waals surface area contributed by atoms with Crippen LogP contribution in [0.3, 0.4) is 0 Å². The van der Waals surface area contributed by atoms with E-state index in [9.17, 15) is 0 Å². The minimum Gasteiger partial charge on any atom is -0.310 e. The van der Waals surface area contributed by atoms with Gasteiger partial charge in [0.1, 0.15) is 0 Å². The van der Waals surface area contributed by atoms with E-state index in [1.54, 1.807) is 0 Å². The molecule has 0 bridgehead atoms. The Labute approximate surface area is 387 Å². The first-order chi connectivity index (χ1) is 32.6. The van der Waals surface area contributed by atoms with Crippen molar-refractivity contribution in [2.24, 2.45) is 0 Å². The zero-order chi connectivity index (χ0) is 44.4. The van der Waals surface area contributed by atoms with E-state index in [-0.39, 0.29) is 0 Å². The van der Waals surface area contributed by atoms with Crippen LogP contribution in [0.2, 0.25) is 0 Å². The molecule has 0 atom stereocenters. The van der Waals surface area contributed by atoms with Crippen LogP contribution in [0.1, 0.15) is 19.4 Å². The van der Waals surface area contributed by atoms with Crippen molar-refractivity contribution < 1.29 is 0 Å². The zero-order valence-electron chi connectivity index (χ0n) is 37.1. The maximum Gasteiger partial charge on any atom is 0.0540 e. The minimum absolute atomic E-state index is 1.10. The molecule has 0 aliphatic rings. The quantitative estimate of drug-likeness (QED) is 0.0945. The van der Waals surface area contributed by atoms with Crippen LogP contribution in [-0.2, 0) is 0 Å². The Bertz CT molecular complexity index is 3470. The van der Waals surface area contributed by atoms with Gasteiger partial charge in [0.2, 0.25) is 0 Å². The molecule has 0 unspecified atom stereocenters. The summed E-state index contributed by atoms with van der Waals surface area (Å²) < 4.78 is 0. The first kappa shape index (κ1) is 40.3. The first-order valence-corrected chi connectivity index (χ1v) is 22.8. The summed E-state index contributed by atoms with van der Waals surface area (Å²) >= 11 is 0. The Morgan fingerprint density at radius 2 is 0.697 bits per heavy atom. The largest absolute Gasteiger partial charge is 0.310 e. The van der Waals surface area contributed by atoms with Crippen LogP contribution in [0, 0.1) is 0 Å². The molecular weight excluding hydrogens is 797 g/mol. The molecule has 0 aliphatic heterocycles. The standard InChI is InChI=1S/C64H48N2/c1-3-18-45(4-2)51-25-14-29-55(41-51)65(56-30-15-26-52(42-56)46-19-8-5-9-20-46)61-39-35-49-34-38-60-62(40-36-50-33-37-59(61)63(49)64(50)60)66(57-31-16-27-53(43-57)47-21-10-6-11-22-47)58-32-17-28-54(44-58)48-23-12-7-13-24-48/h3-44H,1-2H3/b18-3-,45-4+. The zero-order valence-corrected chi connectivity index (χ0v) is 37.1. The van der Waals surface area contributed by atoms with Crippen molar-refractivity contribution in [1.82, 2.24) is 0 Å². The molecule has 11 rings (SSSR count). The fraction of sp³-hybridized carbons (Fsp3) is 0.0312. The summed E-state index contributed by atoms with van der Waals surface area (Å²) in [6.45, 7) is 4.19. The number of benzene rings is 11. The molecular formula is C64H48N2. The third kappa shape index (κ3) is 7.49. The first-order valence-electron chi connectivity index (χ1n) is 22.8. The second-order valence-corrected chi connectivity index (χ2v) is 16.8. The number of anilines is 6. The number of rotatable bonds is 11. The van der Waals surface area contributed by atoms with E-state index in [4.69, 9.17) is 0 Å². The molecule has 0 aromatic heterocycles. The molecule has 2 heteroatoms. The number of allylic oxidation sites excluding steroid dienone is 4. The van der Waals surface area contributed by atoms with Gasteiger partial charge in [-0.15, -0.1) is 0 Å². The predicted molar refractivity (Wildman–Crippen MR) is 284 cm³/mol. The van der Waals surface area contributed by atoms with Crippen LogP contribution < -0.4 is 9.80 Å². The third-order valence-corrected chi connectivity index (χ3v) is 12.8. The van der Waals surface area contributed by atoms with Crippen molar-refractivity contribution in [2.45, 2.75) is 13.8 Å². The van der Waals surface area contributed by atoms with E-state index in [1.165, 1.54) is 76.8 Å². The molecule has 0 amide bonds. The van der Waals surface area contributed by atoms with Crippen LogP contribution in [-0.4, -0.2) is 0 Å². The fourth-order valence-corrected chi connectivity index (χ4v) is 9.74. The highest BCUT2D eigenvalue weighted by atomic mass is 15.1. The van der Waals surface area contributed by atoms with E-state index in [0.717, 1.165) is 34.1 Å². The van der Waals surface area contributed by atoms with Crippen molar-refractivity contribution in [3.63, 3.8) is 0 Å². The van der Waals surface area contributed by atoms with Gasteiger partial charge in [0.25, 0.3) is 0 Å². The normalized spacial score (nSPS) is 11.8. The van der Waals surface area contributed by atoms with Gasteiger partial charge in [-0.3, -0.25) is 0 Å². The summed E-state index contributed by atoms with van der Waals surface area (Å²) in [4.78, 5) is 4.89. The summed E-state index contributed by atoms with van der Waals surface area (Å²) in [5.74, 6) is 0. The molecule has 0 saturated carbocycles. The van der Waals surface area contributed by atoms with Crippen LogP contribution in [0.4, 0.5) is 34.1 Å². The lowest BCUT2D eigenvalue weighted by Crippen LogP contribution is -2.12. The average Bonchev–Trinajstić information content (AvgIpc) is 3.39. The van der Waals surface area contributed by atoms with Crippen molar-refractivity contribution >= 4 is 72.0 Å². The predicted octanol–water partition coefficient (Wildman–Crippen LogP) is 18.5. The van der Waals surface area contributed by atoms with Gasteiger partial charge in [-0.1, -0.05) is 194 Å². The molecule has 2 nitrogen and oxygen atoms in total. The average molecular weight is 845 g/mol. The fourth-order valence-electron chi connectivity index (χ4n) is 9.74. The van der Waals surface area contributed by atoms with Gasteiger partial charge < -0.3 is 9.80 Å².